The molecule has 0 aromatic carbocycles. The first-order valence-electron chi connectivity index (χ1n) is 7.53. The zero-order valence-corrected chi connectivity index (χ0v) is 13.2. The summed E-state index contributed by atoms with van der Waals surface area (Å²) in [7, 11) is 0. The Morgan fingerprint density at radius 1 is 1.40 bits per heavy atom. The van der Waals surface area contributed by atoms with Crippen LogP contribution in [0.15, 0.2) is 12.7 Å². The van der Waals surface area contributed by atoms with Crippen molar-refractivity contribution in [1.82, 2.24) is 24.8 Å². The van der Waals surface area contributed by atoms with Crippen molar-refractivity contribution in [2.45, 2.75) is 31.1 Å². The number of carbonyl (C=O) groups is 1. The smallest absolute Gasteiger partial charge is 0.408 e. The van der Waals surface area contributed by atoms with Crippen LogP contribution in [0.2, 0.25) is 0 Å². The minimum absolute atomic E-state index is 0.171. The van der Waals surface area contributed by atoms with Crippen LogP contribution in [0, 0.1) is 0 Å². The molecule has 1 fully saturated rings. The summed E-state index contributed by atoms with van der Waals surface area (Å²) in [5, 5.41) is 44.1. The number of nitrogens with one attached hydrogen (secondary N) is 2. The predicted molar refractivity (Wildman–Crippen MR) is 82.6 cm³/mol. The highest BCUT2D eigenvalue weighted by atomic mass is 16.6. The van der Waals surface area contributed by atoms with Crippen molar-refractivity contribution in [2.24, 2.45) is 0 Å². The molecule has 2 aromatic heterocycles. The van der Waals surface area contributed by atoms with E-state index in [4.69, 9.17) is 4.74 Å². The van der Waals surface area contributed by atoms with Crippen LogP contribution in [-0.4, -0.2) is 77.5 Å². The van der Waals surface area contributed by atoms with Crippen molar-refractivity contribution in [1.29, 1.82) is 0 Å². The fraction of sp³-hybridized carbons (Fsp3) is 0.538. The maximum absolute atomic E-state index is 11.3. The maximum Gasteiger partial charge on any atom is 0.408 e. The number of rotatable bonds is 5. The van der Waals surface area contributed by atoms with E-state index in [9.17, 15) is 25.2 Å². The number of imidazole rings is 1. The molecule has 12 nitrogen and oxygen atoms in total. The zero-order valence-electron chi connectivity index (χ0n) is 13.2. The normalized spacial score (nSPS) is 29.0. The molecular formula is C13H18N6O6. The van der Waals surface area contributed by atoms with Gasteiger partial charge < -0.3 is 30.5 Å². The van der Waals surface area contributed by atoms with E-state index in [-0.39, 0.29) is 5.65 Å². The first-order chi connectivity index (χ1) is 11.9. The van der Waals surface area contributed by atoms with Crippen molar-refractivity contribution >= 4 is 23.1 Å². The van der Waals surface area contributed by atoms with E-state index in [1.54, 1.807) is 0 Å². The summed E-state index contributed by atoms with van der Waals surface area (Å²) in [4.78, 5) is 23.6. The quantitative estimate of drug-likeness (QED) is 0.361. The van der Waals surface area contributed by atoms with E-state index in [0.717, 1.165) is 4.57 Å². The van der Waals surface area contributed by atoms with Gasteiger partial charge in [-0.1, -0.05) is 0 Å². The third-order valence-electron chi connectivity index (χ3n) is 3.94. The molecule has 1 amide bonds. The van der Waals surface area contributed by atoms with Gasteiger partial charge in [0.05, 0.1) is 6.61 Å². The summed E-state index contributed by atoms with van der Waals surface area (Å²) in [5.74, 6) is -1.69. The van der Waals surface area contributed by atoms with Gasteiger partial charge in [0.15, 0.2) is 23.1 Å². The summed E-state index contributed by atoms with van der Waals surface area (Å²) in [5.41, 5.74) is 0.498. The molecule has 0 spiro atoms. The highest BCUT2D eigenvalue weighted by molar-refractivity contribution is 5.83. The van der Waals surface area contributed by atoms with Gasteiger partial charge in [-0.3, -0.25) is 9.88 Å². The van der Waals surface area contributed by atoms with Gasteiger partial charge in [0.2, 0.25) is 0 Å². The standard InChI is InChI=1S/C13H18N6O6/c1-2-14-10-7-11(16-4-15-10)19(5-17-7)13(18-12(23)24)9(22)8(21)6(3-20)25-13/h4-6,8-9,18,20-22H,2-3H2,1H3,(H,23,24)(H,14,15,16)/t6-,8-,9-,13+/m1/s1. The van der Waals surface area contributed by atoms with Crippen LogP contribution >= 0.6 is 0 Å². The number of anilines is 1. The summed E-state index contributed by atoms with van der Waals surface area (Å²) in [6, 6.07) is 0. The molecular weight excluding hydrogens is 336 g/mol. The number of hydrogen-bond acceptors (Lipinski definition) is 9. The third-order valence-corrected chi connectivity index (χ3v) is 3.94. The Balaban J connectivity index is 2.17. The second-order valence-electron chi connectivity index (χ2n) is 5.44. The van der Waals surface area contributed by atoms with Crippen molar-refractivity contribution < 1.29 is 30.0 Å². The van der Waals surface area contributed by atoms with Crippen LogP contribution in [0.1, 0.15) is 6.92 Å². The number of ether oxygens (including phenoxy) is 1. The fourth-order valence-electron chi connectivity index (χ4n) is 2.84. The molecule has 136 valence electrons. The molecule has 12 heteroatoms. The topological polar surface area (TPSA) is 175 Å². The monoisotopic (exact) mass is 354 g/mol. The molecule has 4 atom stereocenters. The number of fused-ring (bicyclic) bond motifs is 1. The predicted octanol–water partition coefficient (Wildman–Crippen LogP) is -1.75. The first kappa shape index (κ1) is 17.3. The van der Waals surface area contributed by atoms with E-state index in [2.05, 4.69) is 25.6 Å². The van der Waals surface area contributed by atoms with Crippen LogP contribution in [-0.2, 0) is 10.6 Å². The highest BCUT2D eigenvalue weighted by Gasteiger charge is 2.57. The van der Waals surface area contributed by atoms with Gasteiger partial charge >= 0.3 is 6.09 Å². The Kier molecular flexibility index (Phi) is 4.43. The van der Waals surface area contributed by atoms with Gasteiger partial charge in [0.1, 0.15) is 24.9 Å². The molecule has 25 heavy (non-hydrogen) atoms. The number of aliphatic hydroxyl groups is 3. The number of nitrogens with zero attached hydrogens (tertiary/aromatic N) is 4. The van der Waals surface area contributed by atoms with Gasteiger partial charge in [0, 0.05) is 6.54 Å². The second-order valence-corrected chi connectivity index (χ2v) is 5.44. The largest absolute Gasteiger partial charge is 0.465 e. The van der Waals surface area contributed by atoms with Crippen LogP contribution in [0.25, 0.3) is 11.2 Å². The Hall–Kier alpha value is -2.54. The minimum atomic E-state index is -2.11. The summed E-state index contributed by atoms with van der Waals surface area (Å²) >= 11 is 0. The molecule has 0 radical (unpaired) electrons. The molecule has 2 aromatic rings. The Labute approximate surface area is 141 Å². The molecule has 1 aliphatic rings. The van der Waals surface area contributed by atoms with E-state index in [1.807, 2.05) is 6.92 Å². The van der Waals surface area contributed by atoms with Gasteiger partial charge in [-0.15, -0.1) is 0 Å². The van der Waals surface area contributed by atoms with E-state index >= 15 is 0 Å². The van der Waals surface area contributed by atoms with Crippen molar-refractivity contribution in [2.75, 3.05) is 18.5 Å². The van der Waals surface area contributed by atoms with Gasteiger partial charge in [0.25, 0.3) is 5.85 Å². The number of aromatic nitrogens is 4. The van der Waals surface area contributed by atoms with E-state index in [0.29, 0.717) is 17.9 Å². The Morgan fingerprint density at radius 2 is 2.16 bits per heavy atom. The number of aliphatic hydroxyl groups excluding tert-OH is 3. The number of amides is 1. The molecule has 0 unspecified atom stereocenters. The number of hydrogen-bond donors (Lipinski definition) is 6. The van der Waals surface area contributed by atoms with Crippen molar-refractivity contribution in [3.63, 3.8) is 0 Å². The molecule has 0 aliphatic carbocycles. The average Bonchev–Trinajstić information content (AvgIpc) is 3.11. The van der Waals surface area contributed by atoms with Crippen molar-refractivity contribution in [3.05, 3.63) is 12.7 Å². The fourth-order valence-corrected chi connectivity index (χ4v) is 2.84. The lowest BCUT2D eigenvalue weighted by Crippen LogP contribution is -2.57. The summed E-state index contributed by atoms with van der Waals surface area (Å²) in [6.07, 6.45) is -3.48. The van der Waals surface area contributed by atoms with E-state index in [1.165, 1.54) is 12.7 Å². The maximum atomic E-state index is 11.3. The lowest BCUT2D eigenvalue weighted by Gasteiger charge is -2.32. The molecule has 3 rings (SSSR count). The third kappa shape index (κ3) is 2.64. The minimum Gasteiger partial charge on any atom is -0.465 e. The lowest BCUT2D eigenvalue weighted by molar-refractivity contribution is -0.161. The highest BCUT2D eigenvalue weighted by Crippen LogP contribution is 2.35. The van der Waals surface area contributed by atoms with Gasteiger partial charge in [-0.2, -0.15) is 0 Å². The molecule has 1 aliphatic heterocycles. The van der Waals surface area contributed by atoms with Gasteiger partial charge in [-0.25, -0.2) is 19.7 Å². The summed E-state index contributed by atoms with van der Waals surface area (Å²) < 4.78 is 6.64. The molecule has 1 saturated heterocycles. The summed E-state index contributed by atoms with van der Waals surface area (Å²) in [6.45, 7) is 1.82. The van der Waals surface area contributed by atoms with Crippen molar-refractivity contribution in [3.8, 4) is 0 Å². The zero-order chi connectivity index (χ0) is 18.2. The Morgan fingerprint density at radius 3 is 2.76 bits per heavy atom. The Bertz CT molecular complexity index is 783. The molecule has 3 heterocycles. The first-order valence-corrected chi connectivity index (χ1v) is 7.53. The molecule has 0 bridgehead atoms. The van der Waals surface area contributed by atoms with Crippen LogP contribution < -0.4 is 10.6 Å². The van der Waals surface area contributed by atoms with E-state index < -0.39 is 36.9 Å². The molecule has 6 N–H and O–H groups in total. The number of carboxylic acid groups (broad SMARTS) is 1. The van der Waals surface area contributed by atoms with Gasteiger partial charge in [-0.05, 0) is 6.92 Å². The molecule has 0 saturated carbocycles. The lowest BCUT2D eigenvalue weighted by atomic mass is 10.1. The average molecular weight is 354 g/mol. The van der Waals surface area contributed by atoms with Crippen LogP contribution in [0.5, 0.6) is 0 Å². The second kappa shape index (κ2) is 6.40. The SMILES string of the molecule is CCNc1ncnc2c1ncn2[C@]1(NC(=O)O)O[C@H](CO)[C@@H](O)[C@H]1O. The van der Waals surface area contributed by atoms with Crippen LogP contribution in [0.4, 0.5) is 10.6 Å². The van der Waals surface area contributed by atoms with Crippen LogP contribution in [0.3, 0.4) is 0 Å².